The fourth-order valence-corrected chi connectivity index (χ4v) is 7.66. The van der Waals surface area contributed by atoms with Crippen LogP contribution in [0.5, 0.6) is 0 Å². The lowest BCUT2D eigenvalue weighted by Gasteiger charge is -2.35. The number of amides is 2. The van der Waals surface area contributed by atoms with E-state index in [0.717, 1.165) is 22.8 Å². The SMILES string of the molecule is CCC(Nc1ncnc2c1nc(-c1cnc(C)nc1)n2CC)C(=O)N1CCOC[C@@H]1C.CCC(Nc1ncnc2c1nc(-c1cnc(C)nc1)n2CC)C(=O)N1CCOC[C@H]1C. The Morgan fingerprint density at radius 1 is 0.629 bits per heavy atom. The number of aromatic nitrogens is 12. The first-order chi connectivity index (χ1) is 30.1. The van der Waals surface area contributed by atoms with E-state index in [4.69, 9.17) is 19.4 Å². The number of hydrogen-bond donors (Lipinski definition) is 2. The van der Waals surface area contributed by atoms with Gasteiger partial charge in [-0.2, -0.15) is 0 Å². The summed E-state index contributed by atoms with van der Waals surface area (Å²) >= 11 is 0. The van der Waals surface area contributed by atoms with Gasteiger partial charge in [-0.25, -0.2) is 49.8 Å². The second-order valence-corrected chi connectivity index (χ2v) is 15.3. The topological polar surface area (TPSA) is 222 Å². The highest BCUT2D eigenvalue weighted by Gasteiger charge is 2.32. The van der Waals surface area contributed by atoms with Crippen LogP contribution in [-0.2, 0) is 32.2 Å². The fourth-order valence-electron chi connectivity index (χ4n) is 7.66. The van der Waals surface area contributed by atoms with Gasteiger partial charge in [-0.1, -0.05) is 13.8 Å². The Morgan fingerprint density at radius 2 is 1.02 bits per heavy atom. The summed E-state index contributed by atoms with van der Waals surface area (Å²) in [7, 11) is 0. The third-order valence-electron chi connectivity index (χ3n) is 11.1. The summed E-state index contributed by atoms with van der Waals surface area (Å²) in [5, 5.41) is 6.65. The molecule has 0 aliphatic carbocycles. The maximum atomic E-state index is 13.2. The lowest BCUT2D eigenvalue weighted by atomic mass is 10.1. The largest absolute Gasteiger partial charge is 0.377 e. The van der Waals surface area contributed by atoms with E-state index in [-0.39, 0.29) is 23.9 Å². The van der Waals surface area contributed by atoms with Crippen LogP contribution < -0.4 is 10.6 Å². The molecule has 328 valence electrons. The summed E-state index contributed by atoms with van der Waals surface area (Å²) in [6.07, 6.45) is 11.3. The summed E-state index contributed by atoms with van der Waals surface area (Å²) in [6.45, 7) is 20.5. The lowest BCUT2D eigenvalue weighted by molar-refractivity contribution is -0.140. The predicted octanol–water partition coefficient (Wildman–Crippen LogP) is 4.10. The van der Waals surface area contributed by atoms with E-state index in [1.807, 2.05) is 74.3 Å². The maximum Gasteiger partial charge on any atom is 0.245 e. The van der Waals surface area contributed by atoms with Crippen molar-refractivity contribution in [2.45, 2.75) is 105 Å². The van der Waals surface area contributed by atoms with Gasteiger partial charge < -0.3 is 39.0 Å². The van der Waals surface area contributed by atoms with E-state index >= 15 is 0 Å². The number of carbonyl (C=O) groups is 2. The molecule has 6 aromatic rings. The molecule has 2 saturated heterocycles. The van der Waals surface area contributed by atoms with E-state index in [1.165, 1.54) is 12.7 Å². The Morgan fingerprint density at radius 3 is 1.35 bits per heavy atom. The van der Waals surface area contributed by atoms with Crippen molar-refractivity contribution < 1.29 is 19.1 Å². The molecule has 2 N–H and O–H groups in total. The molecule has 2 aliphatic heterocycles. The summed E-state index contributed by atoms with van der Waals surface area (Å²) < 4.78 is 14.9. The van der Waals surface area contributed by atoms with Crippen LogP contribution in [-0.4, -0.2) is 144 Å². The smallest absolute Gasteiger partial charge is 0.245 e. The number of ether oxygens (including phenoxy) is 2. The Labute approximate surface area is 360 Å². The average Bonchev–Trinajstić information content (AvgIpc) is 3.87. The number of nitrogens with one attached hydrogen (secondary N) is 2. The van der Waals surface area contributed by atoms with Gasteiger partial charge in [0.2, 0.25) is 11.8 Å². The first-order valence-corrected chi connectivity index (χ1v) is 21.4. The van der Waals surface area contributed by atoms with Crippen molar-refractivity contribution in [3.05, 3.63) is 49.1 Å². The number of hydrogen-bond acceptors (Lipinski definition) is 16. The quantitative estimate of drug-likeness (QED) is 0.177. The second kappa shape index (κ2) is 19.6. The molecule has 0 aromatic carbocycles. The highest BCUT2D eigenvalue weighted by molar-refractivity contribution is 5.92. The minimum atomic E-state index is -0.406. The number of nitrogens with zero attached hydrogens (tertiary/aromatic N) is 14. The molecular weight excluding hydrogens is 793 g/mol. The molecule has 0 radical (unpaired) electrons. The van der Waals surface area contributed by atoms with Crippen molar-refractivity contribution in [3.63, 3.8) is 0 Å². The molecule has 8 heterocycles. The van der Waals surface area contributed by atoms with Crippen LogP contribution in [0.4, 0.5) is 11.6 Å². The first-order valence-electron chi connectivity index (χ1n) is 21.4. The Hall–Kier alpha value is -6.28. The van der Waals surface area contributed by atoms with Gasteiger partial charge in [0.15, 0.2) is 34.0 Å². The Balaban J connectivity index is 0.000000186. The van der Waals surface area contributed by atoms with Gasteiger partial charge >= 0.3 is 0 Å². The van der Waals surface area contributed by atoms with Crippen molar-refractivity contribution in [1.82, 2.24) is 68.8 Å². The molecule has 2 amide bonds. The van der Waals surface area contributed by atoms with Crippen molar-refractivity contribution in [2.24, 2.45) is 0 Å². The highest BCUT2D eigenvalue weighted by atomic mass is 16.5. The standard InChI is InChI=1S/2C21H28N8O2/c2*1-5-16(21(30)29-7-8-31-11-13(29)3)26-18-17-20(25-12-24-18)28(6-2)19(27-17)15-9-22-14(4)23-10-15/h2*9-10,12-13,16H,5-8,11H2,1-4H3,(H,24,25,26)/t2*13-,16?/m10/s1. The third-order valence-corrected chi connectivity index (χ3v) is 11.1. The van der Waals surface area contributed by atoms with E-state index in [2.05, 4.69) is 50.5 Å². The average molecular weight is 849 g/mol. The molecular formula is C42H56N16O4. The zero-order valence-corrected chi connectivity index (χ0v) is 36.7. The van der Waals surface area contributed by atoms with Crippen LogP contribution in [0, 0.1) is 13.8 Å². The number of anilines is 2. The fraction of sp³-hybridized carbons (Fsp3) is 0.524. The van der Waals surface area contributed by atoms with E-state index in [1.54, 1.807) is 24.8 Å². The van der Waals surface area contributed by atoms with Crippen LogP contribution in [0.25, 0.3) is 45.1 Å². The second-order valence-electron chi connectivity index (χ2n) is 15.3. The van der Waals surface area contributed by atoms with Gasteiger partial charge in [-0.05, 0) is 54.4 Å². The molecule has 4 atom stereocenters. The van der Waals surface area contributed by atoms with E-state index in [0.29, 0.717) is 111 Å². The molecule has 2 aliphatic rings. The van der Waals surface area contributed by atoms with Crippen LogP contribution in [0.3, 0.4) is 0 Å². The summed E-state index contributed by atoms with van der Waals surface area (Å²) in [5.41, 5.74) is 4.28. The van der Waals surface area contributed by atoms with Crippen LogP contribution in [0.2, 0.25) is 0 Å². The van der Waals surface area contributed by atoms with Gasteiger partial charge in [-0.15, -0.1) is 0 Å². The van der Waals surface area contributed by atoms with Crippen LogP contribution in [0.1, 0.15) is 66.0 Å². The maximum absolute atomic E-state index is 13.2. The molecule has 0 bridgehead atoms. The Kier molecular flexibility index (Phi) is 13.9. The number of rotatable bonds is 12. The highest BCUT2D eigenvalue weighted by Crippen LogP contribution is 2.29. The molecule has 0 spiro atoms. The van der Waals surface area contributed by atoms with Crippen molar-refractivity contribution in [1.29, 1.82) is 0 Å². The summed E-state index contributed by atoms with van der Waals surface area (Å²) in [5.74, 6) is 4.04. The number of fused-ring (bicyclic) bond motifs is 2. The summed E-state index contributed by atoms with van der Waals surface area (Å²) in [4.78, 5) is 74.6. The zero-order valence-electron chi connectivity index (χ0n) is 36.7. The van der Waals surface area contributed by atoms with Crippen molar-refractivity contribution in [2.75, 3.05) is 50.2 Å². The minimum absolute atomic E-state index is 0.0483. The van der Waals surface area contributed by atoms with E-state index < -0.39 is 12.1 Å². The monoisotopic (exact) mass is 848 g/mol. The van der Waals surface area contributed by atoms with Gasteiger partial charge in [0.05, 0.1) is 49.6 Å². The molecule has 62 heavy (non-hydrogen) atoms. The third kappa shape index (κ3) is 9.15. The van der Waals surface area contributed by atoms with Crippen molar-refractivity contribution >= 4 is 45.8 Å². The molecule has 20 nitrogen and oxygen atoms in total. The first kappa shape index (κ1) is 43.8. The van der Waals surface area contributed by atoms with Gasteiger partial charge in [0.1, 0.15) is 48.0 Å². The van der Waals surface area contributed by atoms with Gasteiger partial charge in [0, 0.05) is 51.0 Å². The summed E-state index contributed by atoms with van der Waals surface area (Å²) in [6, 6.07) is -0.710. The molecule has 6 aromatic heterocycles. The van der Waals surface area contributed by atoms with Crippen molar-refractivity contribution in [3.8, 4) is 22.8 Å². The van der Waals surface area contributed by atoms with Crippen LogP contribution >= 0.6 is 0 Å². The predicted molar refractivity (Wildman–Crippen MR) is 233 cm³/mol. The van der Waals surface area contributed by atoms with Gasteiger partial charge in [-0.3, -0.25) is 9.59 Å². The molecule has 2 unspecified atom stereocenters. The number of imidazole rings is 2. The zero-order chi connectivity index (χ0) is 43.9. The van der Waals surface area contributed by atoms with E-state index in [9.17, 15) is 9.59 Å². The molecule has 8 rings (SSSR count). The number of carbonyl (C=O) groups excluding carboxylic acids is 2. The Bertz CT molecular complexity index is 2300. The van der Waals surface area contributed by atoms with Crippen LogP contribution in [0.15, 0.2) is 37.4 Å². The number of aryl methyl sites for hydroxylation is 4. The van der Waals surface area contributed by atoms with Gasteiger partial charge in [0.25, 0.3) is 0 Å². The molecule has 2 fully saturated rings. The molecule has 0 saturated carbocycles. The normalized spacial score (nSPS) is 17.7. The number of morpholine rings is 2. The lowest BCUT2D eigenvalue weighted by Crippen LogP contribution is -2.52. The molecule has 20 heteroatoms. The minimum Gasteiger partial charge on any atom is -0.377 e.